The highest BCUT2D eigenvalue weighted by Gasteiger charge is 2.27. The van der Waals surface area contributed by atoms with E-state index in [0.717, 1.165) is 42.3 Å². The van der Waals surface area contributed by atoms with Crippen molar-refractivity contribution in [2.24, 2.45) is 0 Å². The van der Waals surface area contributed by atoms with Gasteiger partial charge in [-0.1, -0.05) is 48.5 Å². The van der Waals surface area contributed by atoms with Gasteiger partial charge in [0.2, 0.25) is 0 Å². The topological polar surface area (TPSA) is 54.0 Å². The highest BCUT2D eigenvalue weighted by atomic mass is 16.5. The molecule has 1 N–H and O–H groups in total. The Morgan fingerprint density at radius 3 is 2.79 bits per heavy atom. The van der Waals surface area contributed by atoms with Gasteiger partial charge >= 0.3 is 0 Å². The number of nitrogens with zero attached hydrogens (tertiary/aromatic N) is 3. The zero-order valence-corrected chi connectivity index (χ0v) is 15.6. The Balaban J connectivity index is 1.39. The Bertz CT molecular complexity index is 1080. The number of hydrogen-bond acceptors (Lipinski definition) is 4. The van der Waals surface area contributed by atoms with Crippen molar-refractivity contribution in [1.29, 1.82) is 0 Å². The van der Waals surface area contributed by atoms with E-state index < -0.39 is 0 Å². The lowest BCUT2D eigenvalue weighted by Crippen LogP contribution is -2.39. The fourth-order valence-corrected chi connectivity index (χ4v) is 3.79. The van der Waals surface area contributed by atoms with Gasteiger partial charge in [-0.2, -0.15) is 0 Å². The molecule has 1 aliphatic rings. The molecule has 5 heteroatoms. The van der Waals surface area contributed by atoms with Crippen LogP contribution in [0.3, 0.4) is 0 Å². The first-order valence-corrected chi connectivity index (χ1v) is 9.62. The minimum absolute atomic E-state index is 0.109. The van der Waals surface area contributed by atoms with E-state index in [-0.39, 0.29) is 6.04 Å². The summed E-state index contributed by atoms with van der Waals surface area (Å²) in [6, 6.07) is 20.9. The number of rotatable bonds is 4. The lowest BCUT2D eigenvalue weighted by Gasteiger charge is -2.34. The Morgan fingerprint density at radius 2 is 1.86 bits per heavy atom. The van der Waals surface area contributed by atoms with Gasteiger partial charge in [0.05, 0.1) is 36.7 Å². The SMILES string of the molecule is c1ccc(-c2cnc([C@@H]3COCCN3Cc3cnc4ccccc4c3)[nH]2)cc1. The van der Waals surface area contributed by atoms with Crippen molar-refractivity contribution in [3.8, 4) is 11.3 Å². The zero-order chi connectivity index (χ0) is 18.8. The zero-order valence-electron chi connectivity index (χ0n) is 15.6. The van der Waals surface area contributed by atoms with Crippen LogP contribution in [0.25, 0.3) is 22.2 Å². The van der Waals surface area contributed by atoms with Crippen LogP contribution in [0.1, 0.15) is 17.4 Å². The van der Waals surface area contributed by atoms with Crippen molar-refractivity contribution in [3.63, 3.8) is 0 Å². The maximum atomic E-state index is 5.77. The number of imidazole rings is 1. The molecule has 4 aromatic rings. The third-order valence-electron chi connectivity index (χ3n) is 5.27. The molecule has 1 saturated heterocycles. The van der Waals surface area contributed by atoms with E-state index in [4.69, 9.17) is 4.74 Å². The predicted molar refractivity (Wildman–Crippen MR) is 110 cm³/mol. The minimum Gasteiger partial charge on any atom is -0.378 e. The molecule has 1 atom stereocenters. The van der Waals surface area contributed by atoms with Crippen molar-refractivity contribution in [3.05, 3.63) is 84.4 Å². The second-order valence-corrected chi connectivity index (χ2v) is 7.15. The average Bonchev–Trinajstić information content (AvgIpc) is 3.25. The van der Waals surface area contributed by atoms with E-state index in [9.17, 15) is 0 Å². The Kier molecular flexibility index (Phi) is 4.61. The summed E-state index contributed by atoms with van der Waals surface area (Å²) in [5, 5.41) is 1.18. The Labute approximate surface area is 164 Å². The van der Waals surface area contributed by atoms with Crippen LogP contribution in [0, 0.1) is 0 Å². The summed E-state index contributed by atoms with van der Waals surface area (Å²) in [5.74, 6) is 0.951. The molecule has 28 heavy (non-hydrogen) atoms. The number of ether oxygens (including phenoxy) is 1. The standard InChI is InChI=1S/C23H22N4O/c1-2-6-18(7-3-1)21-14-25-23(26-21)22-16-28-11-10-27(22)15-17-12-19-8-4-5-9-20(19)24-13-17/h1-9,12-14,22H,10-11,15-16H2,(H,25,26)/t22-/m0/s1. The smallest absolute Gasteiger partial charge is 0.126 e. The molecule has 0 saturated carbocycles. The molecular formula is C23H22N4O. The maximum absolute atomic E-state index is 5.77. The van der Waals surface area contributed by atoms with Crippen LogP contribution < -0.4 is 0 Å². The molecule has 0 spiro atoms. The molecule has 0 aliphatic carbocycles. The van der Waals surface area contributed by atoms with Crippen molar-refractivity contribution < 1.29 is 4.74 Å². The van der Waals surface area contributed by atoms with Gasteiger partial charge in [0.1, 0.15) is 5.82 Å². The van der Waals surface area contributed by atoms with Gasteiger partial charge in [0.25, 0.3) is 0 Å². The molecule has 0 bridgehead atoms. The van der Waals surface area contributed by atoms with Crippen LogP contribution in [0.2, 0.25) is 0 Å². The van der Waals surface area contributed by atoms with Crippen molar-refractivity contribution in [2.45, 2.75) is 12.6 Å². The molecule has 2 aromatic carbocycles. The second-order valence-electron chi connectivity index (χ2n) is 7.15. The van der Waals surface area contributed by atoms with Crippen molar-refractivity contribution in [1.82, 2.24) is 19.9 Å². The lowest BCUT2D eigenvalue weighted by atomic mass is 10.1. The summed E-state index contributed by atoms with van der Waals surface area (Å²) < 4.78 is 5.77. The number of para-hydroxylation sites is 1. The average molecular weight is 370 g/mol. The van der Waals surface area contributed by atoms with Crippen LogP contribution in [0.4, 0.5) is 0 Å². The third kappa shape index (κ3) is 3.42. The van der Waals surface area contributed by atoms with Gasteiger partial charge < -0.3 is 9.72 Å². The van der Waals surface area contributed by atoms with Crippen molar-refractivity contribution >= 4 is 10.9 Å². The van der Waals surface area contributed by atoms with Gasteiger partial charge in [0.15, 0.2) is 0 Å². The van der Waals surface area contributed by atoms with Gasteiger partial charge in [0, 0.05) is 24.7 Å². The highest BCUT2D eigenvalue weighted by molar-refractivity contribution is 5.78. The molecule has 1 aliphatic heterocycles. The summed E-state index contributed by atoms with van der Waals surface area (Å²) in [6.07, 6.45) is 3.89. The lowest BCUT2D eigenvalue weighted by molar-refractivity contribution is -0.0156. The Morgan fingerprint density at radius 1 is 1.00 bits per heavy atom. The molecule has 5 rings (SSSR count). The monoisotopic (exact) mass is 370 g/mol. The highest BCUT2D eigenvalue weighted by Crippen LogP contribution is 2.27. The van der Waals surface area contributed by atoms with Crippen molar-refractivity contribution in [2.75, 3.05) is 19.8 Å². The first kappa shape index (κ1) is 17.1. The van der Waals surface area contributed by atoms with Gasteiger partial charge in [-0.3, -0.25) is 9.88 Å². The molecule has 0 unspecified atom stereocenters. The van der Waals surface area contributed by atoms with E-state index in [0.29, 0.717) is 6.61 Å². The number of benzene rings is 2. The summed E-state index contributed by atoms with van der Waals surface area (Å²) in [4.78, 5) is 15.2. The molecular weight excluding hydrogens is 348 g/mol. The number of aromatic amines is 1. The summed E-state index contributed by atoms with van der Waals surface area (Å²) >= 11 is 0. The predicted octanol–water partition coefficient (Wildman–Crippen LogP) is 4.20. The number of hydrogen-bond donors (Lipinski definition) is 1. The summed E-state index contributed by atoms with van der Waals surface area (Å²) in [7, 11) is 0. The van der Waals surface area contributed by atoms with Crippen LogP contribution in [0.5, 0.6) is 0 Å². The van der Waals surface area contributed by atoms with E-state index in [1.54, 1.807) is 0 Å². The van der Waals surface area contributed by atoms with Crippen LogP contribution in [-0.2, 0) is 11.3 Å². The van der Waals surface area contributed by atoms with E-state index >= 15 is 0 Å². The summed E-state index contributed by atoms with van der Waals surface area (Å²) in [6.45, 7) is 3.08. The fourth-order valence-electron chi connectivity index (χ4n) is 3.79. The van der Waals surface area contributed by atoms with E-state index in [2.05, 4.69) is 50.2 Å². The van der Waals surface area contributed by atoms with E-state index in [1.165, 1.54) is 10.9 Å². The van der Waals surface area contributed by atoms with Gasteiger partial charge in [-0.25, -0.2) is 4.98 Å². The number of H-pyrrole nitrogens is 1. The van der Waals surface area contributed by atoms with Gasteiger partial charge in [-0.15, -0.1) is 0 Å². The number of nitrogens with one attached hydrogen (secondary N) is 1. The third-order valence-corrected chi connectivity index (χ3v) is 5.27. The number of fused-ring (bicyclic) bond motifs is 1. The quantitative estimate of drug-likeness (QED) is 0.585. The summed E-state index contributed by atoms with van der Waals surface area (Å²) in [5.41, 5.74) is 4.42. The molecule has 140 valence electrons. The maximum Gasteiger partial charge on any atom is 0.126 e. The van der Waals surface area contributed by atoms with Crippen LogP contribution in [-0.4, -0.2) is 39.6 Å². The molecule has 2 aromatic heterocycles. The van der Waals surface area contributed by atoms with Crippen LogP contribution >= 0.6 is 0 Å². The molecule has 0 radical (unpaired) electrons. The molecule has 3 heterocycles. The number of aromatic nitrogens is 3. The van der Waals surface area contributed by atoms with Gasteiger partial charge in [-0.05, 0) is 23.3 Å². The largest absolute Gasteiger partial charge is 0.378 e. The number of pyridine rings is 1. The first-order valence-electron chi connectivity index (χ1n) is 9.62. The van der Waals surface area contributed by atoms with E-state index in [1.807, 2.05) is 42.7 Å². The molecule has 0 amide bonds. The Hall–Kier alpha value is -3.02. The fraction of sp³-hybridized carbons (Fsp3) is 0.217. The minimum atomic E-state index is 0.109. The molecule has 5 nitrogen and oxygen atoms in total. The molecule has 1 fully saturated rings. The number of morpholine rings is 1. The van der Waals surface area contributed by atoms with Crippen LogP contribution in [0.15, 0.2) is 73.1 Å². The second kappa shape index (κ2) is 7.54. The first-order chi connectivity index (χ1) is 13.9. The normalized spacial score (nSPS) is 17.8.